The standard InChI is InChI=1S/C11H19N3O2S2/c1-13-9-11(7-10(13)8-12)18(15,16)14-3-2-5-17-6-4-14/h7,9H,2-6,8,12H2,1H3. The zero-order valence-electron chi connectivity index (χ0n) is 10.5. The number of aryl methyl sites for hydroxylation is 1. The molecule has 0 unspecified atom stereocenters. The van der Waals surface area contributed by atoms with Gasteiger partial charge in [-0.05, 0) is 18.2 Å². The first-order valence-corrected chi connectivity index (χ1v) is 8.58. The third-order valence-corrected chi connectivity index (χ3v) is 6.02. The van der Waals surface area contributed by atoms with Crippen LogP contribution in [0.2, 0.25) is 0 Å². The zero-order valence-corrected chi connectivity index (χ0v) is 12.1. The minimum absolute atomic E-state index is 0.349. The van der Waals surface area contributed by atoms with Crippen molar-refractivity contribution in [3.8, 4) is 0 Å². The second-order valence-corrected chi connectivity index (χ2v) is 7.51. The van der Waals surface area contributed by atoms with Crippen molar-refractivity contribution < 1.29 is 8.42 Å². The molecule has 0 spiro atoms. The first-order valence-electron chi connectivity index (χ1n) is 5.99. The van der Waals surface area contributed by atoms with Gasteiger partial charge in [0.1, 0.15) is 4.90 Å². The van der Waals surface area contributed by atoms with E-state index in [-0.39, 0.29) is 0 Å². The van der Waals surface area contributed by atoms with E-state index in [1.807, 2.05) is 18.8 Å². The Kier molecular flexibility index (Phi) is 4.37. The van der Waals surface area contributed by atoms with Crippen LogP contribution >= 0.6 is 11.8 Å². The predicted octanol–water partition coefficient (Wildman–Crippen LogP) is 0.611. The molecule has 0 atom stereocenters. The van der Waals surface area contributed by atoms with E-state index >= 15 is 0 Å². The molecule has 2 rings (SSSR count). The van der Waals surface area contributed by atoms with Crippen LogP contribution in [0.1, 0.15) is 12.1 Å². The molecule has 0 amide bonds. The molecular formula is C11H19N3O2S2. The normalized spacial score (nSPS) is 18.8. The van der Waals surface area contributed by atoms with Crippen LogP contribution in [0.4, 0.5) is 0 Å². The van der Waals surface area contributed by atoms with Gasteiger partial charge in [0, 0.05) is 44.3 Å². The van der Waals surface area contributed by atoms with E-state index in [2.05, 4.69) is 0 Å². The summed E-state index contributed by atoms with van der Waals surface area (Å²) in [4.78, 5) is 0.359. The number of rotatable bonds is 3. The van der Waals surface area contributed by atoms with Gasteiger partial charge in [-0.15, -0.1) is 0 Å². The molecule has 1 aliphatic heterocycles. The van der Waals surface area contributed by atoms with E-state index in [4.69, 9.17) is 5.73 Å². The van der Waals surface area contributed by atoms with E-state index in [0.717, 1.165) is 23.6 Å². The molecule has 5 nitrogen and oxygen atoms in total. The van der Waals surface area contributed by atoms with Crippen LogP contribution in [-0.2, 0) is 23.6 Å². The SMILES string of the molecule is Cn1cc(S(=O)(=O)N2CCCSCC2)cc1CN. The smallest absolute Gasteiger partial charge is 0.244 e. The van der Waals surface area contributed by atoms with Crippen molar-refractivity contribution in [3.63, 3.8) is 0 Å². The fourth-order valence-corrected chi connectivity index (χ4v) is 4.61. The molecule has 2 heterocycles. The van der Waals surface area contributed by atoms with Crippen molar-refractivity contribution in [3.05, 3.63) is 18.0 Å². The quantitative estimate of drug-likeness (QED) is 0.885. The minimum Gasteiger partial charge on any atom is -0.352 e. The molecule has 1 aromatic rings. The van der Waals surface area contributed by atoms with Crippen molar-refractivity contribution in [2.75, 3.05) is 24.6 Å². The summed E-state index contributed by atoms with van der Waals surface area (Å²) in [6.45, 7) is 1.56. The van der Waals surface area contributed by atoms with Crippen molar-refractivity contribution in [2.45, 2.75) is 17.9 Å². The Morgan fingerprint density at radius 2 is 2.17 bits per heavy atom. The van der Waals surface area contributed by atoms with Crippen LogP contribution in [0, 0.1) is 0 Å². The number of nitrogens with zero attached hydrogens (tertiary/aromatic N) is 2. The van der Waals surface area contributed by atoms with E-state index in [1.165, 1.54) is 0 Å². The number of hydrogen-bond donors (Lipinski definition) is 1. The van der Waals surface area contributed by atoms with Crippen LogP contribution in [0.3, 0.4) is 0 Å². The maximum Gasteiger partial charge on any atom is 0.244 e. The number of sulfonamides is 1. The number of hydrogen-bond acceptors (Lipinski definition) is 4. The first-order chi connectivity index (χ1) is 8.55. The van der Waals surface area contributed by atoms with Gasteiger partial charge in [-0.2, -0.15) is 16.1 Å². The van der Waals surface area contributed by atoms with Crippen LogP contribution < -0.4 is 5.73 Å². The highest BCUT2D eigenvalue weighted by Crippen LogP contribution is 2.21. The molecule has 1 aliphatic rings. The molecule has 0 aliphatic carbocycles. The largest absolute Gasteiger partial charge is 0.352 e. The monoisotopic (exact) mass is 289 g/mol. The lowest BCUT2D eigenvalue weighted by molar-refractivity contribution is 0.435. The summed E-state index contributed by atoms with van der Waals surface area (Å²) in [6.07, 6.45) is 2.57. The van der Waals surface area contributed by atoms with E-state index in [9.17, 15) is 8.42 Å². The Morgan fingerprint density at radius 1 is 1.39 bits per heavy atom. The van der Waals surface area contributed by atoms with Gasteiger partial charge >= 0.3 is 0 Å². The van der Waals surface area contributed by atoms with Gasteiger partial charge in [0.2, 0.25) is 10.0 Å². The molecule has 1 fully saturated rings. The molecule has 0 radical (unpaired) electrons. The molecule has 0 bridgehead atoms. The molecule has 102 valence electrons. The lowest BCUT2D eigenvalue weighted by atomic mass is 10.4. The average Bonchev–Trinajstić information content (AvgIpc) is 2.55. The summed E-state index contributed by atoms with van der Waals surface area (Å²) in [5, 5.41) is 0. The molecule has 0 aromatic carbocycles. The Labute approximate surface area is 112 Å². The van der Waals surface area contributed by atoms with Crippen molar-refractivity contribution in [1.82, 2.24) is 8.87 Å². The van der Waals surface area contributed by atoms with Gasteiger partial charge < -0.3 is 10.3 Å². The van der Waals surface area contributed by atoms with Gasteiger partial charge in [-0.25, -0.2) is 8.42 Å². The zero-order chi connectivity index (χ0) is 13.2. The predicted molar refractivity (Wildman–Crippen MR) is 74.0 cm³/mol. The molecule has 0 saturated carbocycles. The first kappa shape index (κ1) is 13.9. The second-order valence-electron chi connectivity index (χ2n) is 4.35. The van der Waals surface area contributed by atoms with Gasteiger partial charge in [0.05, 0.1) is 0 Å². The molecule has 1 saturated heterocycles. The highest BCUT2D eigenvalue weighted by atomic mass is 32.2. The van der Waals surface area contributed by atoms with Crippen LogP contribution in [-0.4, -0.2) is 41.9 Å². The maximum atomic E-state index is 12.5. The number of aromatic nitrogens is 1. The molecule has 1 aromatic heterocycles. The fourth-order valence-electron chi connectivity index (χ4n) is 2.03. The van der Waals surface area contributed by atoms with E-state index < -0.39 is 10.0 Å². The summed E-state index contributed by atoms with van der Waals surface area (Å²) in [6, 6.07) is 1.67. The van der Waals surface area contributed by atoms with E-state index in [0.29, 0.717) is 24.5 Å². The highest BCUT2D eigenvalue weighted by molar-refractivity contribution is 7.99. The van der Waals surface area contributed by atoms with Crippen molar-refractivity contribution >= 4 is 21.8 Å². The molecule has 18 heavy (non-hydrogen) atoms. The molecule has 7 heteroatoms. The lowest BCUT2D eigenvalue weighted by Gasteiger charge is -2.18. The number of thioether (sulfide) groups is 1. The topological polar surface area (TPSA) is 68.3 Å². The summed E-state index contributed by atoms with van der Waals surface area (Å²) in [5.74, 6) is 1.91. The van der Waals surface area contributed by atoms with Crippen LogP contribution in [0.15, 0.2) is 17.2 Å². The van der Waals surface area contributed by atoms with Crippen molar-refractivity contribution in [2.24, 2.45) is 12.8 Å². The van der Waals surface area contributed by atoms with Crippen LogP contribution in [0.5, 0.6) is 0 Å². The Balaban J connectivity index is 2.28. The average molecular weight is 289 g/mol. The van der Waals surface area contributed by atoms with Gasteiger partial charge in [0.15, 0.2) is 0 Å². The number of nitrogens with two attached hydrogens (primary N) is 1. The Bertz CT molecular complexity index is 502. The third-order valence-electron chi connectivity index (χ3n) is 3.11. The summed E-state index contributed by atoms with van der Waals surface area (Å²) in [7, 11) is -1.53. The van der Waals surface area contributed by atoms with Crippen molar-refractivity contribution in [1.29, 1.82) is 0 Å². The maximum absolute atomic E-state index is 12.5. The summed E-state index contributed by atoms with van der Waals surface area (Å²) in [5.41, 5.74) is 6.41. The summed E-state index contributed by atoms with van der Waals surface area (Å²) < 4.78 is 28.3. The lowest BCUT2D eigenvalue weighted by Crippen LogP contribution is -2.32. The minimum atomic E-state index is -3.35. The molecule has 2 N–H and O–H groups in total. The van der Waals surface area contributed by atoms with Gasteiger partial charge in [0.25, 0.3) is 0 Å². The second kappa shape index (κ2) is 5.64. The highest BCUT2D eigenvalue weighted by Gasteiger charge is 2.26. The van der Waals surface area contributed by atoms with Gasteiger partial charge in [-0.1, -0.05) is 0 Å². The Hall–Kier alpha value is -0.500. The van der Waals surface area contributed by atoms with Gasteiger partial charge in [-0.3, -0.25) is 0 Å². The van der Waals surface area contributed by atoms with Crippen LogP contribution in [0.25, 0.3) is 0 Å². The summed E-state index contributed by atoms with van der Waals surface area (Å²) >= 11 is 1.81. The van der Waals surface area contributed by atoms with E-state index in [1.54, 1.807) is 21.1 Å². The fraction of sp³-hybridized carbons (Fsp3) is 0.636. The third kappa shape index (κ3) is 2.74. The molecular weight excluding hydrogens is 270 g/mol. The Morgan fingerprint density at radius 3 is 2.83 bits per heavy atom.